The van der Waals surface area contributed by atoms with E-state index in [1.165, 1.54) is 0 Å². The maximum atomic E-state index is 12.2. The molecule has 0 aromatic heterocycles. The van der Waals surface area contributed by atoms with E-state index in [-0.39, 0.29) is 10.6 Å². The smallest absolute Gasteiger partial charge is 0.285 e. The number of benzene rings is 3. The van der Waals surface area contributed by atoms with Crippen LogP contribution in [0.4, 0.5) is 5.69 Å². The maximum absolute atomic E-state index is 12.2. The van der Waals surface area contributed by atoms with Crippen LogP contribution in [0.2, 0.25) is 0 Å². The summed E-state index contributed by atoms with van der Waals surface area (Å²) in [4.78, 5) is 11.9. The van der Waals surface area contributed by atoms with Crippen LogP contribution in [-0.4, -0.2) is 12.0 Å². The Hall–Kier alpha value is -3.86. The van der Waals surface area contributed by atoms with Gasteiger partial charge in [-0.25, -0.2) is 0 Å². The van der Waals surface area contributed by atoms with Gasteiger partial charge in [-0.15, -0.1) is 0 Å². The second-order valence-electron chi connectivity index (χ2n) is 7.15. The third-order valence-corrected chi connectivity index (χ3v) is 5.09. The minimum atomic E-state index is -0.320. The molecule has 0 aliphatic carbocycles. The Morgan fingerprint density at radius 3 is 2.47 bits per heavy atom. The molecular formula is C27H27NO4. The molecule has 0 aliphatic rings. The molecule has 0 amide bonds. The topological polar surface area (TPSA) is 61.6 Å². The Balaban J connectivity index is 2.13. The number of para-hydroxylation sites is 1. The van der Waals surface area contributed by atoms with E-state index in [0.717, 1.165) is 17.6 Å². The fourth-order valence-corrected chi connectivity index (χ4v) is 3.48. The van der Waals surface area contributed by atoms with Gasteiger partial charge in [0.25, 0.3) is 5.69 Å². The Labute approximate surface area is 188 Å². The molecule has 0 spiro atoms. The lowest BCUT2D eigenvalue weighted by Gasteiger charge is -2.15. The molecule has 0 heterocycles. The van der Waals surface area contributed by atoms with E-state index >= 15 is 0 Å². The van der Waals surface area contributed by atoms with Crippen molar-refractivity contribution in [2.45, 2.75) is 26.9 Å². The number of hydrogen-bond donors (Lipinski definition) is 0. The fourth-order valence-electron chi connectivity index (χ4n) is 3.48. The van der Waals surface area contributed by atoms with Crippen LogP contribution in [0.3, 0.4) is 0 Å². The highest BCUT2D eigenvalue weighted by molar-refractivity contribution is 5.89. The number of nitro benzene ring substituents is 1. The van der Waals surface area contributed by atoms with E-state index in [9.17, 15) is 10.1 Å². The molecule has 3 aromatic rings. The van der Waals surface area contributed by atoms with Crippen LogP contribution >= 0.6 is 0 Å². The van der Waals surface area contributed by atoms with Crippen molar-refractivity contribution in [2.75, 3.05) is 7.11 Å². The minimum absolute atomic E-state index is 0.0519. The molecule has 0 atom stereocenters. The highest BCUT2D eigenvalue weighted by Crippen LogP contribution is 2.42. The van der Waals surface area contributed by atoms with Gasteiger partial charge < -0.3 is 9.47 Å². The van der Waals surface area contributed by atoms with Gasteiger partial charge in [0, 0.05) is 11.6 Å². The molecule has 0 radical (unpaired) electrons. The zero-order valence-electron chi connectivity index (χ0n) is 18.6. The van der Waals surface area contributed by atoms with E-state index in [2.05, 4.69) is 0 Å². The molecule has 5 heteroatoms. The first-order chi connectivity index (χ1) is 15.6. The molecular weight excluding hydrogens is 402 g/mol. The van der Waals surface area contributed by atoms with Crippen LogP contribution in [-0.2, 0) is 6.61 Å². The first-order valence-corrected chi connectivity index (χ1v) is 10.5. The third kappa shape index (κ3) is 5.24. The highest BCUT2D eigenvalue weighted by Gasteiger charge is 2.24. The van der Waals surface area contributed by atoms with Gasteiger partial charge in [-0.2, -0.15) is 0 Å². The van der Waals surface area contributed by atoms with Gasteiger partial charge in [0.05, 0.1) is 23.2 Å². The van der Waals surface area contributed by atoms with Crippen LogP contribution in [0.5, 0.6) is 11.5 Å². The van der Waals surface area contributed by atoms with Crippen molar-refractivity contribution in [2.24, 2.45) is 0 Å². The summed E-state index contributed by atoms with van der Waals surface area (Å²) in [6.07, 6.45) is 6.65. The molecule has 5 nitrogen and oxygen atoms in total. The van der Waals surface area contributed by atoms with Gasteiger partial charge >= 0.3 is 0 Å². The lowest BCUT2D eigenvalue weighted by Crippen LogP contribution is -2.01. The minimum Gasteiger partial charge on any atom is -0.497 e. The average Bonchev–Trinajstić information content (AvgIpc) is 2.83. The van der Waals surface area contributed by atoms with Crippen LogP contribution in [0.15, 0.2) is 85.0 Å². The number of nitrogens with zero attached hydrogens (tertiary/aromatic N) is 1. The standard InChI is InChI=1S/C27H27NO4/c1-4-6-13-21(5-2)23-14-10-15-25(27(23)28(29)30)24-17-16-22(31-3)18-26(24)32-19-20-11-8-7-9-12-20/h5-18H,4,19H2,1-3H3/b13-6-,21-5+. The van der Waals surface area contributed by atoms with Crippen molar-refractivity contribution < 1.29 is 14.4 Å². The number of rotatable bonds is 9. The highest BCUT2D eigenvalue weighted by atomic mass is 16.6. The summed E-state index contributed by atoms with van der Waals surface area (Å²) in [5.74, 6) is 1.15. The maximum Gasteiger partial charge on any atom is 0.285 e. The van der Waals surface area contributed by atoms with Gasteiger partial charge in [-0.1, -0.05) is 61.5 Å². The Morgan fingerprint density at radius 2 is 1.81 bits per heavy atom. The van der Waals surface area contributed by atoms with Gasteiger partial charge in [-0.3, -0.25) is 10.1 Å². The number of methoxy groups -OCH3 is 1. The molecule has 0 saturated heterocycles. The van der Waals surface area contributed by atoms with Crippen molar-refractivity contribution in [3.05, 3.63) is 106 Å². The van der Waals surface area contributed by atoms with Gasteiger partial charge in [0.2, 0.25) is 0 Å². The molecule has 0 unspecified atom stereocenters. The van der Waals surface area contributed by atoms with Crippen LogP contribution < -0.4 is 9.47 Å². The first-order valence-electron chi connectivity index (χ1n) is 10.5. The molecule has 0 N–H and O–H groups in total. The number of allylic oxidation sites excluding steroid dienone is 4. The molecule has 0 bridgehead atoms. The largest absolute Gasteiger partial charge is 0.497 e. The lowest BCUT2D eigenvalue weighted by molar-refractivity contribution is -0.384. The summed E-state index contributed by atoms with van der Waals surface area (Å²) in [6.45, 7) is 4.25. The summed E-state index contributed by atoms with van der Waals surface area (Å²) in [5, 5.41) is 12.2. The molecule has 3 aromatic carbocycles. The quantitative estimate of drug-likeness (QED) is 0.205. The van der Waals surface area contributed by atoms with E-state index in [1.54, 1.807) is 31.4 Å². The van der Waals surface area contributed by atoms with Crippen molar-refractivity contribution in [3.63, 3.8) is 0 Å². The van der Waals surface area contributed by atoms with Crippen LogP contribution in [0.1, 0.15) is 31.4 Å². The van der Waals surface area contributed by atoms with E-state index < -0.39 is 0 Å². The molecule has 0 aliphatic heterocycles. The monoisotopic (exact) mass is 429 g/mol. The third-order valence-electron chi connectivity index (χ3n) is 5.09. The molecule has 0 saturated carbocycles. The summed E-state index contributed by atoms with van der Waals surface area (Å²) in [5.41, 5.74) is 3.58. The normalized spacial score (nSPS) is 11.5. The second kappa shape index (κ2) is 11.0. The molecule has 3 rings (SSSR count). The molecule has 0 fully saturated rings. The fraction of sp³-hybridized carbons (Fsp3) is 0.185. The Morgan fingerprint density at radius 1 is 1.03 bits per heavy atom. The van der Waals surface area contributed by atoms with Gasteiger partial charge in [-0.05, 0) is 48.7 Å². The molecule has 164 valence electrons. The Bertz CT molecular complexity index is 1130. The summed E-state index contributed by atoms with van der Waals surface area (Å²) >= 11 is 0. The van der Waals surface area contributed by atoms with E-state index in [1.807, 2.05) is 74.5 Å². The predicted molar refractivity (Wildman–Crippen MR) is 129 cm³/mol. The summed E-state index contributed by atoms with van der Waals surface area (Å²) in [6, 6.07) is 20.5. The number of ether oxygens (including phenoxy) is 2. The molecule has 32 heavy (non-hydrogen) atoms. The van der Waals surface area contributed by atoms with Crippen molar-refractivity contribution in [1.29, 1.82) is 0 Å². The first kappa shape index (κ1) is 22.8. The summed E-state index contributed by atoms with van der Waals surface area (Å²) in [7, 11) is 1.58. The zero-order valence-corrected chi connectivity index (χ0v) is 18.6. The van der Waals surface area contributed by atoms with E-state index in [4.69, 9.17) is 9.47 Å². The zero-order chi connectivity index (χ0) is 22.9. The SMILES string of the molecule is C/C=C(\C=C/CC)c1cccc(-c2ccc(OC)cc2OCc2ccccc2)c1[N+](=O)[O-]. The number of hydrogen-bond acceptors (Lipinski definition) is 4. The van der Waals surface area contributed by atoms with Crippen LogP contribution in [0.25, 0.3) is 16.7 Å². The Kier molecular flexibility index (Phi) is 7.81. The number of nitro groups is 1. The van der Waals surface area contributed by atoms with Crippen LogP contribution in [0, 0.1) is 10.1 Å². The summed E-state index contributed by atoms with van der Waals surface area (Å²) < 4.78 is 11.5. The van der Waals surface area contributed by atoms with Crippen molar-refractivity contribution in [3.8, 4) is 22.6 Å². The predicted octanol–water partition coefficient (Wildman–Crippen LogP) is 7.22. The average molecular weight is 430 g/mol. The van der Waals surface area contributed by atoms with Crippen molar-refractivity contribution >= 4 is 11.3 Å². The van der Waals surface area contributed by atoms with E-state index in [0.29, 0.717) is 34.8 Å². The lowest BCUT2D eigenvalue weighted by atomic mass is 9.95. The van der Waals surface area contributed by atoms with Crippen molar-refractivity contribution in [1.82, 2.24) is 0 Å². The van der Waals surface area contributed by atoms with Gasteiger partial charge in [0.1, 0.15) is 18.1 Å². The van der Waals surface area contributed by atoms with Gasteiger partial charge in [0.15, 0.2) is 0 Å². The second-order valence-corrected chi connectivity index (χ2v) is 7.15.